The average Bonchev–Trinajstić information content (AvgIpc) is 2.42. The molecule has 0 saturated heterocycles. The zero-order valence-corrected chi connectivity index (χ0v) is 13.1. The molecule has 0 aliphatic carbocycles. The molecule has 21 heavy (non-hydrogen) atoms. The van der Waals surface area contributed by atoms with Gasteiger partial charge in [-0.25, -0.2) is 0 Å². The Kier molecular flexibility index (Phi) is 8.47. The molecule has 5 heteroatoms. The molecular weight excluding hydrogens is 268 g/mol. The van der Waals surface area contributed by atoms with Crippen LogP contribution in [0.2, 0.25) is 0 Å². The third kappa shape index (κ3) is 8.32. The summed E-state index contributed by atoms with van der Waals surface area (Å²) in [6.45, 7) is 6.79. The van der Waals surface area contributed by atoms with Crippen molar-refractivity contribution in [2.24, 2.45) is 0 Å². The van der Waals surface area contributed by atoms with Crippen LogP contribution in [0, 0.1) is 0 Å². The lowest BCUT2D eigenvalue weighted by Crippen LogP contribution is -2.33. The molecule has 2 N–H and O–H groups in total. The van der Waals surface area contributed by atoms with Gasteiger partial charge < -0.3 is 20.1 Å². The summed E-state index contributed by atoms with van der Waals surface area (Å²) in [6.07, 6.45) is 0.500. The molecule has 0 heterocycles. The molecule has 0 spiro atoms. The molecule has 1 amide bonds. The second-order valence-electron chi connectivity index (χ2n) is 5.08. The normalized spacial score (nSPS) is 10.7. The Balaban J connectivity index is 2.27. The summed E-state index contributed by atoms with van der Waals surface area (Å²) in [4.78, 5) is 11.8. The number of carbonyl (C=O) groups excluding carboxylic acids is 1. The first-order chi connectivity index (χ1) is 10.1. The molecule has 0 aliphatic heterocycles. The molecule has 1 rings (SSSR count). The second-order valence-corrected chi connectivity index (χ2v) is 5.08. The average molecular weight is 294 g/mol. The van der Waals surface area contributed by atoms with Crippen LogP contribution in [0.15, 0.2) is 24.3 Å². The largest absolute Gasteiger partial charge is 0.491 e. The Labute approximate surface area is 127 Å². The number of rotatable bonds is 10. The van der Waals surface area contributed by atoms with Gasteiger partial charge >= 0.3 is 0 Å². The zero-order valence-electron chi connectivity index (χ0n) is 13.1. The molecule has 0 bridgehead atoms. The van der Waals surface area contributed by atoms with Crippen molar-refractivity contribution in [1.82, 2.24) is 10.6 Å². The van der Waals surface area contributed by atoms with Crippen molar-refractivity contribution in [3.8, 4) is 5.75 Å². The van der Waals surface area contributed by atoms with Crippen LogP contribution in [0.3, 0.4) is 0 Å². The minimum Gasteiger partial charge on any atom is -0.491 e. The summed E-state index contributed by atoms with van der Waals surface area (Å²) in [5.74, 6) is 0.821. The fourth-order valence-corrected chi connectivity index (χ4v) is 1.84. The van der Waals surface area contributed by atoms with E-state index in [2.05, 4.69) is 10.6 Å². The number of hydrogen-bond acceptors (Lipinski definition) is 4. The second kappa shape index (κ2) is 10.2. The molecule has 1 aromatic rings. The van der Waals surface area contributed by atoms with Gasteiger partial charge in [-0.05, 0) is 31.5 Å². The minimum absolute atomic E-state index is 0.0187. The van der Waals surface area contributed by atoms with Gasteiger partial charge in [0, 0.05) is 26.7 Å². The fourth-order valence-electron chi connectivity index (χ4n) is 1.84. The van der Waals surface area contributed by atoms with Crippen LogP contribution in [-0.4, -0.2) is 45.4 Å². The molecule has 118 valence electrons. The van der Waals surface area contributed by atoms with E-state index >= 15 is 0 Å². The highest BCUT2D eigenvalue weighted by molar-refractivity contribution is 5.78. The number of methoxy groups -OCH3 is 1. The standard InChI is InChI=1S/C16H26N2O3/c1-13(2)21-15-6-4-5-14(11-15)12-16(19)18-8-7-17-9-10-20-3/h4-6,11,13,17H,7-10,12H2,1-3H3,(H,18,19). The summed E-state index contributed by atoms with van der Waals surface area (Å²) in [5.41, 5.74) is 0.956. The van der Waals surface area contributed by atoms with Crippen LogP contribution in [0.5, 0.6) is 5.75 Å². The first-order valence-corrected chi connectivity index (χ1v) is 7.33. The van der Waals surface area contributed by atoms with Gasteiger partial charge in [-0.1, -0.05) is 12.1 Å². The summed E-state index contributed by atoms with van der Waals surface area (Å²) in [5, 5.41) is 6.06. The van der Waals surface area contributed by atoms with Gasteiger partial charge in [0.05, 0.1) is 19.1 Å². The Morgan fingerprint density at radius 3 is 2.76 bits per heavy atom. The van der Waals surface area contributed by atoms with Crippen LogP contribution < -0.4 is 15.4 Å². The van der Waals surface area contributed by atoms with E-state index in [-0.39, 0.29) is 12.0 Å². The maximum absolute atomic E-state index is 11.8. The van der Waals surface area contributed by atoms with Gasteiger partial charge in [-0.3, -0.25) is 4.79 Å². The zero-order chi connectivity index (χ0) is 15.5. The first-order valence-electron chi connectivity index (χ1n) is 7.33. The summed E-state index contributed by atoms with van der Waals surface area (Å²) in [7, 11) is 1.67. The lowest BCUT2D eigenvalue weighted by Gasteiger charge is -2.11. The Morgan fingerprint density at radius 1 is 1.24 bits per heavy atom. The van der Waals surface area contributed by atoms with Crippen LogP contribution in [0.25, 0.3) is 0 Å². The van der Waals surface area contributed by atoms with Crippen molar-refractivity contribution < 1.29 is 14.3 Å². The number of carbonyl (C=O) groups is 1. The maximum atomic E-state index is 11.8. The lowest BCUT2D eigenvalue weighted by molar-refractivity contribution is -0.120. The summed E-state index contributed by atoms with van der Waals surface area (Å²) < 4.78 is 10.5. The predicted molar refractivity (Wildman–Crippen MR) is 83.7 cm³/mol. The third-order valence-corrected chi connectivity index (χ3v) is 2.74. The Bertz CT molecular complexity index is 422. The van der Waals surface area contributed by atoms with E-state index < -0.39 is 0 Å². The van der Waals surface area contributed by atoms with Gasteiger partial charge in [-0.15, -0.1) is 0 Å². The summed E-state index contributed by atoms with van der Waals surface area (Å²) in [6, 6.07) is 7.66. The van der Waals surface area contributed by atoms with E-state index in [9.17, 15) is 4.79 Å². The fraction of sp³-hybridized carbons (Fsp3) is 0.562. The topological polar surface area (TPSA) is 59.6 Å². The Morgan fingerprint density at radius 2 is 2.05 bits per heavy atom. The quantitative estimate of drug-likeness (QED) is 0.640. The highest BCUT2D eigenvalue weighted by atomic mass is 16.5. The predicted octanol–water partition coefficient (Wildman–Crippen LogP) is 1.37. The minimum atomic E-state index is 0.0187. The maximum Gasteiger partial charge on any atom is 0.224 e. The number of benzene rings is 1. The van der Waals surface area contributed by atoms with E-state index in [4.69, 9.17) is 9.47 Å². The highest BCUT2D eigenvalue weighted by Gasteiger charge is 2.05. The van der Waals surface area contributed by atoms with E-state index in [1.165, 1.54) is 0 Å². The smallest absolute Gasteiger partial charge is 0.224 e. The SMILES string of the molecule is COCCNCCNC(=O)Cc1cccc(OC(C)C)c1. The van der Waals surface area contributed by atoms with E-state index in [1.54, 1.807) is 7.11 Å². The monoisotopic (exact) mass is 294 g/mol. The van der Waals surface area contributed by atoms with Crippen LogP contribution in [0.4, 0.5) is 0 Å². The van der Waals surface area contributed by atoms with Crippen molar-refractivity contribution in [3.05, 3.63) is 29.8 Å². The van der Waals surface area contributed by atoms with Crippen LogP contribution in [-0.2, 0) is 16.0 Å². The van der Waals surface area contributed by atoms with Crippen LogP contribution in [0.1, 0.15) is 19.4 Å². The van der Waals surface area contributed by atoms with Crippen molar-refractivity contribution in [2.45, 2.75) is 26.4 Å². The lowest BCUT2D eigenvalue weighted by atomic mass is 10.1. The first kappa shape index (κ1) is 17.5. The van der Waals surface area contributed by atoms with E-state index in [0.29, 0.717) is 19.6 Å². The number of amides is 1. The van der Waals surface area contributed by atoms with Gasteiger partial charge in [0.15, 0.2) is 0 Å². The molecule has 0 unspecified atom stereocenters. The molecule has 0 saturated carbocycles. The highest BCUT2D eigenvalue weighted by Crippen LogP contribution is 2.15. The van der Waals surface area contributed by atoms with Crippen molar-refractivity contribution in [2.75, 3.05) is 33.4 Å². The van der Waals surface area contributed by atoms with E-state index in [0.717, 1.165) is 24.4 Å². The van der Waals surface area contributed by atoms with Crippen molar-refractivity contribution >= 4 is 5.91 Å². The van der Waals surface area contributed by atoms with Crippen molar-refractivity contribution in [3.63, 3.8) is 0 Å². The molecule has 0 fully saturated rings. The molecule has 0 radical (unpaired) electrons. The van der Waals surface area contributed by atoms with Gasteiger partial charge in [0.1, 0.15) is 5.75 Å². The third-order valence-electron chi connectivity index (χ3n) is 2.74. The number of ether oxygens (including phenoxy) is 2. The van der Waals surface area contributed by atoms with Gasteiger partial charge in [-0.2, -0.15) is 0 Å². The van der Waals surface area contributed by atoms with Crippen molar-refractivity contribution in [1.29, 1.82) is 0 Å². The molecule has 0 aromatic heterocycles. The number of hydrogen-bond donors (Lipinski definition) is 2. The van der Waals surface area contributed by atoms with E-state index in [1.807, 2.05) is 38.1 Å². The molecule has 0 atom stereocenters. The molecular formula is C16H26N2O3. The summed E-state index contributed by atoms with van der Waals surface area (Å²) >= 11 is 0. The number of nitrogens with one attached hydrogen (secondary N) is 2. The van der Waals surface area contributed by atoms with Gasteiger partial charge in [0.25, 0.3) is 0 Å². The Hall–Kier alpha value is -1.59. The van der Waals surface area contributed by atoms with Gasteiger partial charge in [0.2, 0.25) is 5.91 Å². The molecule has 0 aliphatic rings. The van der Waals surface area contributed by atoms with Crippen LogP contribution >= 0.6 is 0 Å². The molecule has 5 nitrogen and oxygen atoms in total. The molecule has 1 aromatic carbocycles.